The summed E-state index contributed by atoms with van der Waals surface area (Å²) in [5, 5.41) is 18.3. The highest BCUT2D eigenvalue weighted by atomic mass is 35.5. The molecule has 168 valence electrons. The lowest BCUT2D eigenvalue weighted by molar-refractivity contribution is -0.131. The van der Waals surface area contributed by atoms with Gasteiger partial charge in [0.15, 0.2) is 0 Å². The van der Waals surface area contributed by atoms with Gasteiger partial charge < -0.3 is 14.1 Å². The van der Waals surface area contributed by atoms with E-state index < -0.39 is 11.8 Å². The van der Waals surface area contributed by atoms with E-state index in [2.05, 4.69) is 10.2 Å². The maximum Gasteiger partial charge on any atom is 0.342 e. The molecule has 1 N–H and O–H groups in total. The van der Waals surface area contributed by atoms with Crippen molar-refractivity contribution in [3.63, 3.8) is 0 Å². The summed E-state index contributed by atoms with van der Waals surface area (Å²) in [4.78, 5) is 11.9. The number of aromatic nitrogens is 3. The summed E-state index contributed by atoms with van der Waals surface area (Å²) >= 11 is 12.7. The van der Waals surface area contributed by atoms with E-state index in [0.717, 1.165) is 23.1 Å². The molecular weight excluding hydrogens is 488 g/mol. The first kappa shape index (κ1) is 23.1. The molecule has 2 aromatic carbocycles. The van der Waals surface area contributed by atoms with Crippen LogP contribution in [0.2, 0.25) is 10.0 Å². The lowest BCUT2D eigenvalue weighted by Crippen LogP contribution is -2.00. The molecule has 4 rings (SSSR count). The molecule has 0 radical (unpaired) electrons. The molecule has 0 spiro atoms. The van der Waals surface area contributed by atoms with E-state index >= 15 is 0 Å². The van der Waals surface area contributed by atoms with E-state index in [9.17, 15) is 14.3 Å². The molecule has 0 unspecified atom stereocenters. The molecule has 4 aromatic rings. The van der Waals surface area contributed by atoms with Crippen LogP contribution in [-0.2, 0) is 4.79 Å². The van der Waals surface area contributed by atoms with Gasteiger partial charge in [0.25, 0.3) is 5.22 Å². The number of carboxylic acids is 1. The molecule has 0 fully saturated rings. The molecule has 0 amide bonds. The number of aryl methyl sites for hydroxylation is 1. The van der Waals surface area contributed by atoms with E-state index in [1.54, 1.807) is 30.3 Å². The number of benzene rings is 2. The van der Waals surface area contributed by atoms with Gasteiger partial charge >= 0.3 is 5.97 Å². The van der Waals surface area contributed by atoms with Crippen molar-refractivity contribution in [2.45, 2.75) is 19.1 Å². The zero-order chi connectivity index (χ0) is 23.7. The summed E-state index contributed by atoms with van der Waals surface area (Å²) in [6.45, 7) is 3.71. The zero-order valence-electron chi connectivity index (χ0n) is 17.3. The van der Waals surface area contributed by atoms with Gasteiger partial charge in [0, 0.05) is 27.7 Å². The van der Waals surface area contributed by atoms with Crippen LogP contribution in [0.4, 0.5) is 4.39 Å². The van der Waals surface area contributed by atoms with Crippen LogP contribution < -0.4 is 0 Å². The van der Waals surface area contributed by atoms with Crippen molar-refractivity contribution < 1.29 is 18.7 Å². The van der Waals surface area contributed by atoms with Crippen molar-refractivity contribution in [2.24, 2.45) is 0 Å². The number of aliphatic carboxylic acids is 1. The predicted octanol–water partition coefficient (Wildman–Crippen LogP) is 6.81. The van der Waals surface area contributed by atoms with Gasteiger partial charge in [-0.25, -0.2) is 9.18 Å². The van der Waals surface area contributed by atoms with Crippen molar-refractivity contribution >= 4 is 47.0 Å². The Morgan fingerprint density at radius 3 is 2.52 bits per heavy atom. The van der Waals surface area contributed by atoms with Crippen LogP contribution in [0, 0.1) is 19.7 Å². The minimum atomic E-state index is -1.14. The van der Waals surface area contributed by atoms with Crippen LogP contribution in [0.3, 0.4) is 0 Å². The van der Waals surface area contributed by atoms with Gasteiger partial charge in [0.2, 0.25) is 5.89 Å². The highest BCUT2D eigenvalue weighted by molar-refractivity contribution is 8.03. The Bertz CT molecular complexity index is 1380. The Morgan fingerprint density at radius 2 is 1.85 bits per heavy atom. The second-order valence-corrected chi connectivity index (χ2v) is 8.89. The molecule has 0 aliphatic carbocycles. The second-order valence-electron chi connectivity index (χ2n) is 7.06. The monoisotopic (exact) mass is 503 g/mol. The summed E-state index contributed by atoms with van der Waals surface area (Å²) in [5.74, 6) is -1.39. The number of nitrogens with zero attached hydrogens (tertiary/aromatic N) is 3. The Kier molecular flexibility index (Phi) is 6.60. The fourth-order valence-electron chi connectivity index (χ4n) is 3.29. The number of carbonyl (C=O) groups is 1. The van der Waals surface area contributed by atoms with Gasteiger partial charge in [-0.05, 0) is 85.8 Å². The van der Waals surface area contributed by atoms with Crippen molar-refractivity contribution in [3.05, 3.63) is 86.2 Å². The third-order valence-corrected chi connectivity index (χ3v) is 6.22. The summed E-state index contributed by atoms with van der Waals surface area (Å²) in [5.41, 5.74) is 3.61. The van der Waals surface area contributed by atoms with Gasteiger partial charge in [0.05, 0.1) is 5.02 Å². The minimum Gasteiger partial charge on any atom is -0.477 e. The SMILES string of the molecule is Cc1cc(/C=C(\Sc2nnc(-c3ccc(Cl)cc3)o2)C(=O)O)c(C)n1-c1ccc(F)c(Cl)c1. The average Bonchev–Trinajstić information content (AvgIpc) is 3.34. The van der Waals surface area contributed by atoms with Crippen LogP contribution >= 0.6 is 35.0 Å². The maximum atomic E-state index is 13.6. The Balaban J connectivity index is 1.65. The maximum absolute atomic E-state index is 13.6. The molecule has 0 aliphatic rings. The standard InChI is InChI=1S/C23H16Cl2FN3O3S/c1-12-9-15(13(2)29(12)17-7-8-19(26)18(25)11-17)10-20(22(30)31)33-23-28-27-21(32-23)14-3-5-16(24)6-4-14/h3-11H,1-2H3,(H,30,31)/b20-10-. The van der Waals surface area contributed by atoms with Crippen LogP contribution in [-0.4, -0.2) is 25.8 Å². The van der Waals surface area contributed by atoms with E-state index in [0.29, 0.717) is 21.8 Å². The summed E-state index contributed by atoms with van der Waals surface area (Å²) in [6, 6.07) is 13.1. The van der Waals surface area contributed by atoms with E-state index in [1.165, 1.54) is 18.2 Å². The van der Waals surface area contributed by atoms with Crippen LogP contribution in [0.1, 0.15) is 17.0 Å². The highest BCUT2D eigenvalue weighted by Crippen LogP contribution is 2.32. The van der Waals surface area contributed by atoms with Gasteiger partial charge in [-0.1, -0.05) is 23.2 Å². The van der Waals surface area contributed by atoms with Crippen molar-refractivity contribution in [1.82, 2.24) is 14.8 Å². The molecule has 10 heteroatoms. The van der Waals surface area contributed by atoms with Gasteiger partial charge in [-0.15, -0.1) is 10.2 Å². The molecule has 33 heavy (non-hydrogen) atoms. The Labute approximate surface area is 202 Å². The zero-order valence-corrected chi connectivity index (χ0v) is 19.7. The summed E-state index contributed by atoms with van der Waals surface area (Å²) in [6.07, 6.45) is 1.53. The average molecular weight is 504 g/mol. The third kappa shape index (κ3) is 4.98. The van der Waals surface area contributed by atoms with Gasteiger partial charge in [-0.3, -0.25) is 0 Å². The van der Waals surface area contributed by atoms with Gasteiger partial charge in [0.1, 0.15) is 10.7 Å². The molecule has 2 heterocycles. The predicted molar refractivity (Wildman–Crippen MR) is 126 cm³/mol. The first-order chi connectivity index (χ1) is 15.7. The normalized spacial score (nSPS) is 11.7. The van der Waals surface area contributed by atoms with Crippen molar-refractivity contribution in [2.75, 3.05) is 0 Å². The lowest BCUT2D eigenvalue weighted by Gasteiger charge is -2.10. The number of thioether (sulfide) groups is 1. The van der Waals surface area contributed by atoms with Crippen molar-refractivity contribution in [1.29, 1.82) is 0 Å². The molecule has 0 saturated carbocycles. The number of rotatable bonds is 6. The number of halogens is 3. The molecule has 0 aliphatic heterocycles. The molecule has 2 aromatic heterocycles. The number of carboxylic acid groups (broad SMARTS) is 1. The molecule has 0 bridgehead atoms. The van der Waals surface area contributed by atoms with Crippen LogP contribution in [0.25, 0.3) is 23.2 Å². The minimum absolute atomic E-state index is 0.00121. The summed E-state index contributed by atoms with van der Waals surface area (Å²) in [7, 11) is 0. The summed E-state index contributed by atoms with van der Waals surface area (Å²) < 4.78 is 21.1. The topological polar surface area (TPSA) is 81.2 Å². The molecule has 0 saturated heterocycles. The van der Waals surface area contributed by atoms with Crippen molar-refractivity contribution in [3.8, 4) is 17.1 Å². The smallest absolute Gasteiger partial charge is 0.342 e. The Hall–Kier alpha value is -3.07. The first-order valence-corrected chi connectivity index (χ1v) is 11.2. The molecular formula is C23H16Cl2FN3O3S. The largest absolute Gasteiger partial charge is 0.477 e. The number of hydrogen-bond acceptors (Lipinski definition) is 5. The third-order valence-electron chi connectivity index (χ3n) is 4.82. The fraction of sp³-hybridized carbons (Fsp3) is 0.0870. The van der Waals surface area contributed by atoms with E-state index in [1.807, 2.05) is 24.5 Å². The Morgan fingerprint density at radius 1 is 1.12 bits per heavy atom. The van der Waals surface area contributed by atoms with E-state index in [4.69, 9.17) is 27.6 Å². The van der Waals surface area contributed by atoms with E-state index in [-0.39, 0.29) is 21.0 Å². The molecule has 0 atom stereocenters. The quantitative estimate of drug-likeness (QED) is 0.230. The number of hydrogen-bond donors (Lipinski definition) is 1. The van der Waals surface area contributed by atoms with Gasteiger partial charge in [-0.2, -0.15) is 0 Å². The van der Waals surface area contributed by atoms with Crippen LogP contribution in [0.5, 0.6) is 0 Å². The molecule has 6 nitrogen and oxygen atoms in total. The lowest BCUT2D eigenvalue weighted by atomic mass is 10.2. The van der Waals surface area contributed by atoms with Crippen LogP contribution in [0.15, 0.2) is 63.1 Å². The first-order valence-electron chi connectivity index (χ1n) is 9.59. The second kappa shape index (κ2) is 9.43. The fourth-order valence-corrected chi connectivity index (χ4v) is 4.25. The highest BCUT2D eigenvalue weighted by Gasteiger charge is 2.18.